The first-order valence-electron chi connectivity index (χ1n) is 10.9. The zero-order chi connectivity index (χ0) is 22.6. The first-order valence-corrected chi connectivity index (χ1v) is 12.4. The molecular formula is C22H31FN2O5S. The number of amides is 1. The Morgan fingerprint density at radius 1 is 1.10 bits per heavy atom. The number of nitrogens with zero attached hydrogens (tertiary/aromatic N) is 1. The number of rotatable bonds is 6. The molecule has 0 spiro atoms. The van der Waals surface area contributed by atoms with E-state index in [4.69, 9.17) is 4.74 Å². The zero-order valence-electron chi connectivity index (χ0n) is 18.1. The molecule has 1 amide bonds. The van der Waals surface area contributed by atoms with E-state index in [0.29, 0.717) is 18.8 Å². The van der Waals surface area contributed by atoms with Gasteiger partial charge in [0.15, 0.2) is 6.10 Å². The summed E-state index contributed by atoms with van der Waals surface area (Å²) in [6, 6.07) is 4.80. The molecule has 1 saturated carbocycles. The van der Waals surface area contributed by atoms with Gasteiger partial charge in [0.1, 0.15) is 5.82 Å². The fourth-order valence-corrected chi connectivity index (χ4v) is 5.71. The lowest BCUT2D eigenvalue weighted by Gasteiger charge is -2.32. The first-order chi connectivity index (χ1) is 14.7. The number of carbonyl (C=O) groups is 2. The van der Waals surface area contributed by atoms with Gasteiger partial charge in [-0.2, -0.15) is 4.31 Å². The molecule has 2 aliphatic rings. The van der Waals surface area contributed by atoms with Gasteiger partial charge in [-0.3, -0.25) is 9.59 Å². The normalized spacial score (nSPS) is 24.4. The molecule has 1 aromatic carbocycles. The molecule has 3 rings (SSSR count). The molecule has 9 heteroatoms. The Morgan fingerprint density at radius 3 is 2.32 bits per heavy atom. The summed E-state index contributed by atoms with van der Waals surface area (Å²) in [5.41, 5.74) is 0. The standard InChI is InChI=1S/C22H31FN2O5S/c1-15-5-3-4-6-20(15)24-21(26)16(2)30-22(27)17-11-13-25(14-12-17)31(28,29)19-9-7-18(23)8-10-19/h7-10,15-17,20H,3-6,11-14H2,1-2H3,(H,24,26)/t15-,16-,20-/m1/s1. The van der Waals surface area contributed by atoms with Crippen molar-refractivity contribution in [2.45, 2.75) is 69.4 Å². The monoisotopic (exact) mass is 454 g/mol. The minimum atomic E-state index is -3.74. The summed E-state index contributed by atoms with van der Waals surface area (Å²) in [7, 11) is -3.74. The van der Waals surface area contributed by atoms with Crippen molar-refractivity contribution in [3.05, 3.63) is 30.1 Å². The average molecular weight is 455 g/mol. The Hall–Kier alpha value is -2.00. The van der Waals surface area contributed by atoms with E-state index in [1.165, 1.54) is 22.9 Å². The van der Waals surface area contributed by atoms with E-state index in [2.05, 4.69) is 12.2 Å². The van der Waals surface area contributed by atoms with E-state index in [1.54, 1.807) is 6.92 Å². The fraction of sp³-hybridized carbons (Fsp3) is 0.636. The van der Waals surface area contributed by atoms with Gasteiger partial charge in [0, 0.05) is 19.1 Å². The lowest BCUT2D eigenvalue weighted by Crippen LogP contribution is -2.47. The third-order valence-electron chi connectivity index (χ3n) is 6.34. The van der Waals surface area contributed by atoms with Crippen LogP contribution < -0.4 is 5.32 Å². The van der Waals surface area contributed by atoms with Crippen LogP contribution in [-0.4, -0.2) is 49.8 Å². The van der Waals surface area contributed by atoms with Gasteiger partial charge in [0.2, 0.25) is 10.0 Å². The molecule has 1 N–H and O–H groups in total. The van der Waals surface area contributed by atoms with E-state index in [1.807, 2.05) is 0 Å². The van der Waals surface area contributed by atoms with E-state index < -0.39 is 33.8 Å². The van der Waals surface area contributed by atoms with Crippen LogP contribution >= 0.6 is 0 Å². The van der Waals surface area contributed by atoms with Gasteiger partial charge >= 0.3 is 5.97 Å². The molecule has 172 valence electrons. The van der Waals surface area contributed by atoms with E-state index in [0.717, 1.165) is 31.4 Å². The minimum Gasteiger partial charge on any atom is -0.452 e. The van der Waals surface area contributed by atoms with E-state index in [-0.39, 0.29) is 29.9 Å². The van der Waals surface area contributed by atoms with Crippen LogP contribution in [0.15, 0.2) is 29.2 Å². The third-order valence-corrected chi connectivity index (χ3v) is 8.25. The molecule has 1 heterocycles. The Kier molecular flexibility index (Phi) is 7.69. The van der Waals surface area contributed by atoms with Crippen LogP contribution in [0.5, 0.6) is 0 Å². The number of nitrogens with one attached hydrogen (secondary N) is 1. The summed E-state index contributed by atoms with van der Waals surface area (Å²) in [6.45, 7) is 4.02. The SMILES string of the molecule is C[C@@H]1CCCC[C@H]1NC(=O)[C@@H](C)OC(=O)C1CCN(S(=O)(=O)c2ccc(F)cc2)CC1. The van der Waals surface area contributed by atoms with Gasteiger partial charge in [0.25, 0.3) is 5.91 Å². The number of benzene rings is 1. The highest BCUT2D eigenvalue weighted by Gasteiger charge is 2.34. The molecule has 0 radical (unpaired) electrons. The van der Waals surface area contributed by atoms with Crippen molar-refractivity contribution >= 4 is 21.9 Å². The van der Waals surface area contributed by atoms with Crippen LogP contribution in [0.25, 0.3) is 0 Å². The van der Waals surface area contributed by atoms with Gasteiger partial charge in [-0.05, 0) is 62.8 Å². The number of sulfonamides is 1. The van der Waals surface area contributed by atoms with E-state index in [9.17, 15) is 22.4 Å². The maximum absolute atomic E-state index is 13.1. The van der Waals surface area contributed by atoms with Crippen molar-refractivity contribution in [3.8, 4) is 0 Å². The van der Waals surface area contributed by atoms with Gasteiger partial charge in [-0.25, -0.2) is 12.8 Å². The minimum absolute atomic E-state index is 0.0251. The second-order valence-corrected chi connectivity index (χ2v) is 10.5. The van der Waals surface area contributed by atoms with Gasteiger partial charge < -0.3 is 10.1 Å². The highest BCUT2D eigenvalue weighted by molar-refractivity contribution is 7.89. The summed E-state index contributed by atoms with van der Waals surface area (Å²) in [4.78, 5) is 25.0. The highest BCUT2D eigenvalue weighted by atomic mass is 32.2. The topological polar surface area (TPSA) is 92.8 Å². The van der Waals surface area contributed by atoms with Crippen LogP contribution in [-0.2, 0) is 24.3 Å². The largest absolute Gasteiger partial charge is 0.452 e. The number of hydrogen-bond donors (Lipinski definition) is 1. The van der Waals surface area contributed by atoms with Gasteiger partial charge in [0.05, 0.1) is 10.8 Å². The molecule has 31 heavy (non-hydrogen) atoms. The number of ether oxygens (including phenoxy) is 1. The smallest absolute Gasteiger partial charge is 0.309 e. The number of halogens is 1. The maximum atomic E-state index is 13.1. The highest BCUT2D eigenvalue weighted by Crippen LogP contribution is 2.26. The van der Waals surface area contributed by atoms with Crippen molar-refractivity contribution in [3.63, 3.8) is 0 Å². The molecule has 1 aromatic rings. The molecule has 7 nitrogen and oxygen atoms in total. The van der Waals surface area contributed by atoms with Crippen LogP contribution in [0.1, 0.15) is 52.4 Å². The second-order valence-electron chi connectivity index (χ2n) is 8.59. The van der Waals surface area contributed by atoms with Crippen molar-refractivity contribution in [2.24, 2.45) is 11.8 Å². The molecule has 0 aromatic heterocycles. The van der Waals surface area contributed by atoms with Crippen molar-refractivity contribution < 1.29 is 27.1 Å². The molecule has 2 fully saturated rings. The van der Waals surface area contributed by atoms with Crippen LogP contribution in [0.2, 0.25) is 0 Å². The van der Waals surface area contributed by atoms with Gasteiger partial charge in [-0.15, -0.1) is 0 Å². The van der Waals surface area contributed by atoms with Crippen molar-refractivity contribution in [2.75, 3.05) is 13.1 Å². The lowest BCUT2D eigenvalue weighted by molar-refractivity contribution is -0.160. The predicted octanol–water partition coefficient (Wildman–Crippen LogP) is 2.85. The summed E-state index contributed by atoms with van der Waals surface area (Å²) >= 11 is 0. The van der Waals surface area contributed by atoms with Crippen molar-refractivity contribution in [1.29, 1.82) is 0 Å². The number of piperidine rings is 1. The van der Waals surface area contributed by atoms with Crippen LogP contribution in [0.3, 0.4) is 0 Å². The first kappa shape index (κ1) is 23.7. The summed E-state index contributed by atoms with van der Waals surface area (Å²) in [6.07, 6.45) is 4.02. The number of carbonyl (C=O) groups excluding carboxylic acids is 2. The Morgan fingerprint density at radius 2 is 1.71 bits per heavy atom. The number of hydrogen-bond acceptors (Lipinski definition) is 5. The quantitative estimate of drug-likeness (QED) is 0.668. The number of esters is 1. The fourth-order valence-electron chi connectivity index (χ4n) is 4.24. The molecule has 3 atom stereocenters. The predicted molar refractivity (Wildman–Crippen MR) is 113 cm³/mol. The zero-order valence-corrected chi connectivity index (χ0v) is 18.9. The Balaban J connectivity index is 1.49. The van der Waals surface area contributed by atoms with Crippen LogP contribution in [0.4, 0.5) is 4.39 Å². The third kappa shape index (κ3) is 5.83. The second kappa shape index (κ2) is 10.1. The Bertz CT molecular complexity index is 882. The lowest BCUT2D eigenvalue weighted by atomic mass is 9.86. The Labute approximate surface area is 183 Å². The van der Waals surface area contributed by atoms with Crippen molar-refractivity contribution in [1.82, 2.24) is 9.62 Å². The van der Waals surface area contributed by atoms with Gasteiger partial charge in [-0.1, -0.05) is 19.8 Å². The van der Waals surface area contributed by atoms with E-state index >= 15 is 0 Å². The molecule has 1 aliphatic carbocycles. The van der Waals surface area contributed by atoms with Crippen LogP contribution in [0, 0.1) is 17.7 Å². The summed E-state index contributed by atoms with van der Waals surface area (Å²) in [5, 5.41) is 3.00. The summed E-state index contributed by atoms with van der Waals surface area (Å²) < 4.78 is 45.1. The summed E-state index contributed by atoms with van der Waals surface area (Å²) in [5.74, 6) is -1.31. The maximum Gasteiger partial charge on any atom is 0.309 e. The average Bonchev–Trinajstić information content (AvgIpc) is 2.75. The molecule has 0 bridgehead atoms. The molecule has 1 aliphatic heterocycles. The molecule has 0 unspecified atom stereocenters. The molecular weight excluding hydrogens is 423 g/mol. The molecule has 1 saturated heterocycles.